The molecule has 5 nitrogen and oxygen atoms in total. The van der Waals surface area contributed by atoms with Crippen LogP contribution in [0.5, 0.6) is 5.75 Å². The van der Waals surface area contributed by atoms with E-state index in [1.54, 1.807) is 0 Å². The maximum atomic E-state index is 5.86. The van der Waals surface area contributed by atoms with Crippen LogP contribution in [0.2, 0.25) is 0 Å². The fourth-order valence-electron chi connectivity index (χ4n) is 2.11. The topological polar surface area (TPSA) is 65.4 Å². The van der Waals surface area contributed by atoms with Gasteiger partial charge in [0.2, 0.25) is 0 Å². The zero-order valence-corrected chi connectivity index (χ0v) is 11.5. The molecule has 1 aromatic carbocycles. The molecule has 102 valence electrons. The fraction of sp³-hybridized carbons (Fsp3) is 0.200. The predicted molar refractivity (Wildman–Crippen MR) is 77.6 cm³/mol. The van der Waals surface area contributed by atoms with Crippen molar-refractivity contribution in [3.05, 3.63) is 53.5 Å². The molecule has 0 amide bonds. The quantitative estimate of drug-likeness (QED) is 0.792. The van der Waals surface area contributed by atoms with Crippen LogP contribution < -0.4 is 10.5 Å². The third-order valence-corrected chi connectivity index (χ3v) is 3.17. The lowest BCUT2D eigenvalue weighted by atomic mass is 10.2. The Balaban J connectivity index is 1.86. The van der Waals surface area contributed by atoms with Gasteiger partial charge in [0.05, 0.1) is 0 Å². The highest BCUT2D eigenvalue weighted by atomic mass is 16.5. The molecule has 0 fully saturated rings. The molecule has 0 bridgehead atoms. The van der Waals surface area contributed by atoms with E-state index in [0.29, 0.717) is 12.3 Å². The Labute approximate surface area is 117 Å². The van der Waals surface area contributed by atoms with Crippen LogP contribution in [0, 0.1) is 13.8 Å². The summed E-state index contributed by atoms with van der Waals surface area (Å²) in [5.74, 6) is 1.55. The molecule has 0 aliphatic heterocycles. The molecule has 20 heavy (non-hydrogen) atoms. The minimum Gasteiger partial charge on any atom is -0.486 e. The minimum atomic E-state index is 0.354. The Morgan fingerprint density at radius 2 is 1.90 bits per heavy atom. The Morgan fingerprint density at radius 1 is 1.15 bits per heavy atom. The van der Waals surface area contributed by atoms with E-state index < -0.39 is 0 Å². The standard InChI is InChI=1S/C15H16N4O/c1-10-3-5-13(6-4-10)20-9-14-17-18-15-11(2)7-12(16)8-19(14)15/h3-8H,9,16H2,1-2H3. The Hall–Kier alpha value is -2.56. The van der Waals surface area contributed by atoms with Gasteiger partial charge in [-0.1, -0.05) is 17.7 Å². The number of nitrogens with two attached hydrogens (primary N) is 1. The molecule has 0 saturated carbocycles. The van der Waals surface area contributed by atoms with Gasteiger partial charge in [-0.3, -0.25) is 4.40 Å². The van der Waals surface area contributed by atoms with Crippen LogP contribution in [0.3, 0.4) is 0 Å². The molecule has 2 heterocycles. The van der Waals surface area contributed by atoms with Crippen molar-refractivity contribution in [2.24, 2.45) is 0 Å². The number of aromatic nitrogens is 3. The first-order valence-electron chi connectivity index (χ1n) is 6.43. The highest BCUT2D eigenvalue weighted by Gasteiger charge is 2.09. The van der Waals surface area contributed by atoms with Crippen LogP contribution in [-0.4, -0.2) is 14.6 Å². The Kier molecular flexibility index (Phi) is 3.02. The summed E-state index contributed by atoms with van der Waals surface area (Å²) in [6.45, 7) is 4.36. The van der Waals surface area contributed by atoms with Crippen LogP contribution in [0.15, 0.2) is 36.5 Å². The predicted octanol–water partition coefficient (Wildman–Crippen LogP) is 2.51. The van der Waals surface area contributed by atoms with E-state index in [1.807, 2.05) is 54.8 Å². The summed E-state index contributed by atoms with van der Waals surface area (Å²) in [7, 11) is 0. The lowest BCUT2D eigenvalue weighted by molar-refractivity contribution is 0.294. The van der Waals surface area contributed by atoms with Gasteiger partial charge in [0.1, 0.15) is 12.4 Å². The van der Waals surface area contributed by atoms with Crippen molar-refractivity contribution in [2.75, 3.05) is 5.73 Å². The van der Waals surface area contributed by atoms with Gasteiger partial charge in [-0.15, -0.1) is 10.2 Å². The summed E-state index contributed by atoms with van der Waals surface area (Å²) in [6.07, 6.45) is 1.82. The smallest absolute Gasteiger partial charge is 0.175 e. The zero-order chi connectivity index (χ0) is 14.1. The third-order valence-electron chi connectivity index (χ3n) is 3.17. The van der Waals surface area contributed by atoms with Crippen molar-refractivity contribution in [2.45, 2.75) is 20.5 Å². The van der Waals surface area contributed by atoms with E-state index in [2.05, 4.69) is 10.2 Å². The van der Waals surface area contributed by atoms with Crippen molar-refractivity contribution < 1.29 is 4.74 Å². The van der Waals surface area contributed by atoms with Gasteiger partial charge in [0.15, 0.2) is 11.5 Å². The molecule has 3 rings (SSSR count). The van der Waals surface area contributed by atoms with Gasteiger partial charge >= 0.3 is 0 Å². The summed E-state index contributed by atoms with van der Waals surface area (Å²) in [5, 5.41) is 8.33. The van der Waals surface area contributed by atoms with Gasteiger partial charge in [0, 0.05) is 11.9 Å². The molecule has 0 unspecified atom stereocenters. The highest BCUT2D eigenvalue weighted by Crippen LogP contribution is 2.16. The molecule has 0 aliphatic rings. The van der Waals surface area contributed by atoms with Gasteiger partial charge < -0.3 is 10.5 Å². The first kappa shape index (κ1) is 12.5. The maximum Gasteiger partial charge on any atom is 0.175 e. The van der Waals surface area contributed by atoms with E-state index in [4.69, 9.17) is 10.5 Å². The summed E-state index contributed by atoms with van der Waals surface area (Å²) < 4.78 is 7.60. The molecule has 2 aromatic heterocycles. The SMILES string of the molecule is Cc1ccc(OCc2nnc3c(C)cc(N)cn23)cc1. The lowest BCUT2D eigenvalue weighted by Crippen LogP contribution is -2.02. The largest absolute Gasteiger partial charge is 0.486 e. The average Bonchev–Trinajstić information content (AvgIpc) is 2.81. The molecule has 5 heteroatoms. The molecule has 0 spiro atoms. The molecular weight excluding hydrogens is 252 g/mol. The fourth-order valence-corrected chi connectivity index (χ4v) is 2.11. The zero-order valence-electron chi connectivity index (χ0n) is 11.5. The van der Waals surface area contributed by atoms with Crippen LogP contribution in [0.4, 0.5) is 5.69 Å². The molecule has 0 atom stereocenters. The van der Waals surface area contributed by atoms with Crippen LogP contribution in [0.1, 0.15) is 17.0 Å². The van der Waals surface area contributed by atoms with E-state index >= 15 is 0 Å². The minimum absolute atomic E-state index is 0.354. The molecular formula is C15H16N4O. The van der Waals surface area contributed by atoms with Gasteiger partial charge in [-0.05, 0) is 37.6 Å². The van der Waals surface area contributed by atoms with E-state index in [-0.39, 0.29) is 0 Å². The summed E-state index contributed by atoms with van der Waals surface area (Å²) in [4.78, 5) is 0. The molecule has 0 saturated heterocycles. The number of rotatable bonds is 3. The normalized spacial score (nSPS) is 10.9. The van der Waals surface area contributed by atoms with Gasteiger partial charge in [0.25, 0.3) is 0 Å². The van der Waals surface area contributed by atoms with Gasteiger partial charge in [-0.2, -0.15) is 0 Å². The molecule has 3 aromatic rings. The number of anilines is 1. The number of aryl methyl sites for hydroxylation is 2. The van der Waals surface area contributed by atoms with Gasteiger partial charge in [-0.25, -0.2) is 0 Å². The van der Waals surface area contributed by atoms with Crippen LogP contribution >= 0.6 is 0 Å². The number of benzene rings is 1. The number of pyridine rings is 1. The maximum absolute atomic E-state index is 5.86. The van der Waals surface area contributed by atoms with Crippen molar-refractivity contribution in [1.29, 1.82) is 0 Å². The van der Waals surface area contributed by atoms with Crippen molar-refractivity contribution in [3.8, 4) is 5.75 Å². The first-order chi connectivity index (χ1) is 9.63. The average molecular weight is 268 g/mol. The summed E-state index contributed by atoms with van der Waals surface area (Å²) in [5.41, 5.74) is 9.55. The second-order valence-corrected chi connectivity index (χ2v) is 4.87. The summed E-state index contributed by atoms with van der Waals surface area (Å²) >= 11 is 0. The molecule has 0 radical (unpaired) electrons. The van der Waals surface area contributed by atoms with E-state index in [1.165, 1.54) is 5.56 Å². The van der Waals surface area contributed by atoms with Crippen molar-refractivity contribution in [3.63, 3.8) is 0 Å². The monoisotopic (exact) mass is 268 g/mol. The third kappa shape index (κ3) is 2.30. The second-order valence-electron chi connectivity index (χ2n) is 4.87. The number of nitrogen functional groups attached to an aromatic ring is 1. The Morgan fingerprint density at radius 3 is 2.65 bits per heavy atom. The summed E-state index contributed by atoms with van der Waals surface area (Å²) in [6, 6.07) is 9.80. The highest BCUT2D eigenvalue weighted by molar-refractivity contribution is 5.54. The van der Waals surface area contributed by atoms with Crippen molar-refractivity contribution >= 4 is 11.3 Å². The lowest BCUT2D eigenvalue weighted by Gasteiger charge is -2.06. The molecule has 2 N–H and O–H groups in total. The number of hydrogen-bond donors (Lipinski definition) is 1. The van der Waals surface area contributed by atoms with E-state index in [0.717, 1.165) is 22.8 Å². The number of fused-ring (bicyclic) bond motifs is 1. The molecule has 0 aliphatic carbocycles. The van der Waals surface area contributed by atoms with Crippen LogP contribution in [-0.2, 0) is 6.61 Å². The number of nitrogens with zero attached hydrogens (tertiary/aromatic N) is 3. The second kappa shape index (κ2) is 4.85. The Bertz CT molecular complexity index is 746. The first-order valence-corrected chi connectivity index (χ1v) is 6.43. The number of hydrogen-bond acceptors (Lipinski definition) is 4. The van der Waals surface area contributed by atoms with Crippen LogP contribution in [0.25, 0.3) is 5.65 Å². The number of ether oxygens (including phenoxy) is 1. The van der Waals surface area contributed by atoms with Crippen molar-refractivity contribution in [1.82, 2.24) is 14.6 Å². The van der Waals surface area contributed by atoms with E-state index in [9.17, 15) is 0 Å².